The molecule has 1 N–H and O–H groups in total. The van der Waals surface area contributed by atoms with Crippen molar-refractivity contribution in [1.29, 1.82) is 0 Å². The Kier molecular flexibility index (Phi) is 5.53. The lowest BCUT2D eigenvalue weighted by atomic mass is 10.1. The second-order valence-electron chi connectivity index (χ2n) is 7.27. The standard InChI is InChI=1S/C23H23N5O3/c1-15(17-7-5-4-6-8-17)24-22(29)14-27-23(30)21-13-20(26-28(21)16(2)25-27)18-9-11-19(31-3)12-10-18/h4-13,15H,14H2,1-3H3,(H,24,29)/t15-/m0/s1. The van der Waals surface area contributed by atoms with E-state index in [2.05, 4.69) is 15.5 Å². The van der Waals surface area contributed by atoms with E-state index >= 15 is 0 Å². The minimum absolute atomic E-state index is 0.170. The Morgan fingerprint density at radius 1 is 1.10 bits per heavy atom. The molecule has 1 atom stereocenters. The summed E-state index contributed by atoms with van der Waals surface area (Å²) in [4.78, 5) is 25.5. The van der Waals surface area contributed by atoms with Crippen molar-refractivity contribution in [1.82, 2.24) is 24.7 Å². The number of hydrogen-bond donors (Lipinski definition) is 1. The van der Waals surface area contributed by atoms with Crippen LogP contribution in [0, 0.1) is 6.92 Å². The monoisotopic (exact) mass is 417 g/mol. The molecular weight excluding hydrogens is 394 g/mol. The molecule has 0 unspecified atom stereocenters. The average molecular weight is 417 g/mol. The van der Waals surface area contributed by atoms with E-state index in [0.29, 0.717) is 17.0 Å². The number of aromatic nitrogens is 4. The first kappa shape index (κ1) is 20.3. The highest BCUT2D eigenvalue weighted by Crippen LogP contribution is 2.22. The third kappa shape index (κ3) is 4.18. The van der Waals surface area contributed by atoms with Gasteiger partial charge in [0, 0.05) is 5.56 Å². The van der Waals surface area contributed by atoms with Crippen LogP contribution < -0.4 is 15.6 Å². The Bertz CT molecular complexity index is 1280. The SMILES string of the molecule is COc1ccc(-c2cc3c(=O)n(CC(=O)N[C@@H](C)c4ccccc4)nc(C)n3n2)cc1. The van der Waals surface area contributed by atoms with Crippen molar-refractivity contribution in [2.75, 3.05) is 7.11 Å². The summed E-state index contributed by atoms with van der Waals surface area (Å²) >= 11 is 0. The van der Waals surface area contributed by atoms with Gasteiger partial charge in [-0.3, -0.25) is 9.59 Å². The minimum atomic E-state index is -0.375. The van der Waals surface area contributed by atoms with Crippen LogP contribution in [0.4, 0.5) is 0 Å². The van der Waals surface area contributed by atoms with E-state index in [0.717, 1.165) is 16.9 Å². The molecule has 4 rings (SSSR count). The predicted octanol–water partition coefficient (Wildman–Crippen LogP) is 2.75. The highest BCUT2D eigenvalue weighted by atomic mass is 16.5. The second-order valence-corrected chi connectivity index (χ2v) is 7.27. The van der Waals surface area contributed by atoms with Crippen LogP contribution in [0.3, 0.4) is 0 Å². The van der Waals surface area contributed by atoms with Crippen LogP contribution >= 0.6 is 0 Å². The minimum Gasteiger partial charge on any atom is -0.497 e. The van der Waals surface area contributed by atoms with E-state index in [1.807, 2.05) is 61.5 Å². The van der Waals surface area contributed by atoms with Gasteiger partial charge in [-0.1, -0.05) is 30.3 Å². The van der Waals surface area contributed by atoms with E-state index in [1.165, 1.54) is 9.20 Å². The molecule has 0 saturated heterocycles. The maximum absolute atomic E-state index is 13.0. The van der Waals surface area contributed by atoms with Crippen LogP contribution in [-0.4, -0.2) is 32.4 Å². The molecule has 2 heterocycles. The first-order valence-corrected chi connectivity index (χ1v) is 9.92. The van der Waals surface area contributed by atoms with E-state index in [4.69, 9.17) is 4.74 Å². The number of methoxy groups -OCH3 is 1. The Balaban J connectivity index is 1.59. The van der Waals surface area contributed by atoms with Gasteiger partial charge in [0.2, 0.25) is 5.91 Å². The van der Waals surface area contributed by atoms with Crippen molar-refractivity contribution in [3.63, 3.8) is 0 Å². The van der Waals surface area contributed by atoms with Crippen LogP contribution in [0.2, 0.25) is 0 Å². The third-order valence-electron chi connectivity index (χ3n) is 5.09. The summed E-state index contributed by atoms with van der Waals surface area (Å²) in [5.74, 6) is 0.964. The first-order valence-electron chi connectivity index (χ1n) is 9.92. The largest absolute Gasteiger partial charge is 0.497 e. The zero-order valence-electron chi connectivity index (χ0n) is 17.6. The number of nitrogens with one attached hydrogen (secondary N) is 1. The van der Waals surface area contributed by atoms with Crippen LogP contribution in [0.25, 0.3) is 16.8 Å². The van der Waals surface area contributed by atoms with Gasteiger partial charge in [-0.25, -0.2) is 9.20 Å². The van der Waals surface area contributed by atoms with Gasteiger partial charge in [0.25, 0.3) is 5.56 Å². The fraction of sp³-hybridized carbons (Fsp3) is 0.217. The molecule has 0 aliphatic carbocycles. The summed E-state index contributed by atoms with van der Waals surface area (Å²) in [6.45, 7) is 3.48. The van der Waals surface area contributed by atoms with E-state index in [1.54, 1.807) is 20.1 Å². The van der Waals surface area contributed by atoms with Gasteiger partial charge < -0.3 is 10.1 Å². The molecule has 0 spiro atoms. The molecule has 0 radical (unpaired) electrons. The number of benzene rings is 2. The molecule has 158 valence electrons. The van der Waals surface area contributed by atoms with Crippen LogP contribution in [0.1, 0.15) is 24.4 Å². The summed E-state index contributed by atoms with van der Waals surface area (Å²) in [7, 11) is 1.61. The Morgan fingerprint density at radius 3 is 2.48 bits per heavy atom. The number of hydrogen-bond acceptors (Lipinski definition) is 5. The summed E-state index contributed by atoms with van der Waals surface area (Å²) in [5.41, 5.74) is 2.47. The fourth-order valence-corrected chi connectivity index (χ4v) is 3.43. The number of carbonyl (C=O) groups excluding carboxylic acids is 1. The topological polar surface area (TPSA) is 90.5 Å². The normalized spacial score (nSPS) is 12.0. The van der Waals surface area contributed by atoms with Crippen LogP contribution in [0.15, 0.2) is 65.5 Å². The zero-order valence-corrected chi connectivity index (χ0v) is 17.6. The summed E-state index contributed by atoms with van der Waals surface area (Å²) < 4.78 is 7.86. The number of aryl methyl sites for hydroxylation is 1. The maximum Gasteiger partial charge on any atom is 0.293 e. The Hall–Kier alpha value is -3.94. The average Bonchev–Trinajstić information content (AvgIpc) is 3.24. The van der Waals surface area contributed by atoms with Crippen LogP contribution in [0.5, 0.6) is 5.75 Å². The molecule has 2 aromatic heterocycles. The van der Waals surface area contributed by atoms with Gasteiger partial charge in [-0.15, -0.1) is 0 Å². The van der Waals surface area contributed by atoms with Gasteiger partial charge in [-0.05, 0) is 49.7 Å². The van der Waals surface area contributed by atoms with E-state index in [-0.39, 0.29) is 24.1 Å². The van der Waals surface area contributed by atoms with Gasteiger partial charge in [0.05, 0.1) is 18.8 Å². The lowest BCUT2D eigenvalue weighted by Crippen LogP contribution is -2.36. The molecule has 0 bridgehead atoms. The van der Waals surface area contributed by atoms with Crippen molar-refractivity contribution < 1.29 is 9.53 Å². The number of rotatable bonds is 6. The first-order chi connectivity index (χ1) is 15.0. The lowest BCUT2D eigenvalue weighted by Gasteiger charge is -2.14. The molecule has 8 heteroatoms. The number of nitrogens with zero attached hydrogens (tertiary/aromatic N) is 4. The lowest BCUT2D eigenvalue weighted by molar-refractivity contribution is -0.122. The highest BCUT2D eigenvalue weighted by molar-refractivity contribution is 5.76. The highest BCUT2D eigenvalue weighted by Gasteiger charge is 2.16. The van der Waals surface area contributed by atoms with Crippen molar-refractivity contribution in [2.24, 2.45) is 0 Å². The molecule has 8 nitrogen and oxygen atoms in total. The molecule has 1 amide bonds. The number of amides is 1. The van der Waals surface area contributed by atoms with Gasteiger partial charge in [-0.2, -0.15) is 10.2 Å². The van der Waals surface area contributed by atoms with Crippen LogP contribution in [-0.2, 0) is 11.3 Å². The molecule has 0 saturated carbocycles. The van der Waals surface area contributed by atoms with Gasteiger partial charge in [0.15, 0.2) is 0 Å². The van der Waals surface area contributed by atoms with Crippen molar-refractivity contribution in [3.8, 4) is 17.0 Å². The number of fused-ring (bicyclic) bond motifs is 1. The molecule has 0 aliphatic heterocycles. The summed E-state index contributed by atoms with van der Waals surface area (Å²) in [6, 6.07) is 18.6. The second kappa shape index (κ2) is 8.43. The van der Waals surface area contributed by atoms with E-state index in [9.17, 15) is 9.59 Å². The molecule has 0 aliphatic rings. The smallest absolute Gasteiger partial charge is 0.293 e. The van der Waals surface area contributed by atoms with Crippen molar-refractivity contribution in [2.45, 2.75) is 26.4 Å². The predicted molar refractivity (Wildman–Crippen MR) is 117 cm³/mol. The zero-order chi connectivity index (χ0) is 22.0. The molecule has 2 aromatic carbocycles. The third-order valence-corrected chi connectivity index (χ3v) is 5.09. The quantitative estimate of drug-likeness (QED) is 0.521. The molecule has 31 heavy (non-hydrogen) atoms. The fourth-order valence-electron chi connectivity index (χ4n) is 3.43. The van der Waals surface area contributed by atoms with Gasteiger partial charge in [0.1, 0.15) is 23.6 Å². The summed E-state index contributed by atoms with van der Waals surface area (Å²) in [6.07, 6.45) is 0. The molecule has 0 fully saturated rings. The molecular formula is C23H23N5O3. The Morgan fingerprint density at radius 2 is 1.81 bits per heavy atom. The van der Waals surface area contributed by atoms with Crippen molar-refractivity contribution >= 4 is 11.4 Å². The maximum atomic E-state index is 13.0. The summed E-state index contributed by atoms with van der Waals surface area (Å²) in [5, 5.41) is 11.7. The Labute approximate surface area is 179 Å². The number of carbonyl (C=O) groups is 1. The number of ether oxygens (including phenoxy) is 1. The molecule has 4 aromatic rings. The van der Waals surface area contributed by atoms with Gasteiger partial charge >= 0.3 is 0 Å². The van der Waals surface area contributed by atoms with Crippen molar-refractivity contribution in [3.05, 3.63) is 82.4 Å². The van der Waals surface area contributed by atoms with E-state index < -0.39 is 0 Å².